The summed E-state index contributed by atoms with van der Waals surface area (Å²) < 4.78 is 5.21. The van der Waals surface area contributed by atoms with Gasteiger partial charge in [-0.05, 0) is 43.5 Å². The second-order valence-corrected chi connectivity index (χ2v) is 5.90. The molecule has 1 atom stereocenters. The largest absolute Gasteiger partial charge is 0.445 e. The molecular formula is C20H25N3O3. The van der Waals surface area contributed by atoms with Crippen LogP contribution in [0.15, 0.2) is 60.7 Å². The number of amides is 2. The van der Waals surface area contributed by atoms with Crippen molar-refractivity contribution in [2.45, 2.75) is 31.9 Å². The van der Waals surface area contributed by atoms with Crippen molar-refractivity contribution in [1.29, 1.82) is 0 Å². The molecule has 0 spiro atoms. The standard InChI is InChI=1S/C20H25N3O3/c21-14-8-7-13-18(19(24)22-17-11-5-2-6-12-17)23-20(25)26-15-16-9-3-1-4-10-16/h1-6,9-12,18H,7-8,13-15,21H2,(H,22,24)(H,23,25)/t18-/m0/s1. The summed E-state index contributed by atoms with van der Waals surface area (Å²) >= 11 is 0. The highest BCUT2D eigenvalue weighted by Crippen LogP contribution is 2.09. The number of carbonyl (C=O) groups excluding carboxylic acids is 2. The van der Waals surface area contributed by atoms with E-state index in [9.17, 15) is 9.59 Å². The summed E-state index contributed by atoms with van der Waals surface area (Å²) in [5, 5.41) is 5.46. The van der Waals surface area contributed by atoms with Crippen molar-refractivity contribution in [2.24, 2.45) is 5.73 Å². The minimum Gasteiger partial charge on any atom is -0.445 e. The fraction of sp³-hybridized carbons (Fsp3) is 0.300. The molecular weight excluding hydrogens is 330 g/mol. The van der Waals surface area contributed by atoms with Gasteiger partial charge in [-0.3, -0.25) is 4.79 Å². The first-order valence-corrected chi connectivity index (χ1v) is 8.72. The maximum atomic E-state index is 12.5. The van der Waals surface area contributed by atoms with E-state index in [-0.39, 0.29) is 12.5 Å². The second kappa shape index (κ2) is 10.9. The van der Waals surface area contributed by atoms with Crippen molar-refractivity contribution in [3.63, 3.8) is 0 Å². The first-order chi connectivity index (χ1) is 12.7. The number of para-hydroxylation sites is 1. The van der Waals surface area contributed by atoms with Crippen molar-refractivity contribution < 1.29 is 14.3 Å². The lowest BCUT2D eigenvalue weighted by molar-refractivity contribution is -0.118. The third kappa shape index (κ3) is 6.94. The predicted octanol–water partition coefficient (Wildman–Crippen LogP) is 3.05. The maximum Gasteiger partial charge on any atom is 0.408 e. The highest BCUT2D eigenvalue weighted by molar-refractivity contribution is 5.96. The van der Waals surface area contributed by atoms with Gasteiger partial charge >= 0.3 is 6.09 Å². The Bertz CT molecular complexity index is 677. The van der Waals surface area contributed by atoms with Gasteiger partial charge in [-0.25, -0.2) is 4.79 Å². The summed E-state index contributed by atoms with van der Waals surface area (Å²) in [6, 6.07) is 17.8. The molecule has 0 saturated heterocycles. The van der Waals surface area contributed by atoms with E-state index in [0.29, 0.717) is 18.7 Å². The van der Waals surface area contributed by atoms with Gasteiger partial charge in [-0.2, -0.15) is 0 Å². The molecule has 0 fully saturated rings. The van der Waals surface area contributed by atoms with Crippen molar-refractivity contribution >= 4 is 17.7 Å². The van der Waals surface area contributed by atoms with Crippen LogP contribution in [0.25, 0.3) is 0 Å². The smallest absolute Gasteiger partial charge is 0.408 e. The molecule has 0 heterocycles. The van der Waals surface area contributed by atoms with Gasteiger partial charge in [-0.1, -0.05) is 48.5 Å². The van der Waals surface area contributed by atoms with Crippen LogP contribution in [0.1, 0.15) is 24.8 Å². The molecule has 2 aromatic carbocycles. The number of alkyl carbamates (subject to hydrolysis) is 1. The topological polar surface area (TPSA) is 93.4 Å². The quantitative estimate of drug-likeness (QED) is 0.603. The van der Waals surface area contributed by atoms with Crippen LogP contribution in [0.5, 0.6) is 0 Å². The SMILES string of the molecule is NCCCC[C@H](NC(=O)OCc1ccccc1)C(=O)Nc1ccccc1. The van der Waals surface area contributed by atoms with E-state index in [1.165, 1.54) is 0 Å². The van der Waals surface area contributed by atoms with E-state index < -0.39 is 12.1 Å². The molecule has 6 heteroatoms. The number of benzene rings is 2. The molecule has 0 aromatic heterocycles. The zero-order valence-electron chi connectivity index (χ0n) is 14.7. The molecule has 0 unspecified atom stereocenters. The average molecular weight is 355 g/mol. The van der Waals surface area contributed by atoms with Crippen LogP contribution in [-0.4, -0.2) is 24.6 Å². The van der Waals surface area contributed by atoms with Crippen LogP contribution in [0.3, 0.4) is 0 Å². The lowest BCUT2D eigenvalue weighted by Gasteiger charge is -2.18. The lowest BCUT2D eigenvalue weighted by atomic mass is 10.1. The van der Waals surface area contributed by atoms with Gasteiger partial charge in [0, 0.05) is 5.69 Å². The lowest BCUT2D eigenvalue weighted by Crippen LogP contribution is -2.44. The molecule has 2 aromatic rings. The van der Waals surface area contributed by atoms with E-state index in [0.717, 1.165) is 18.4 Å². The summed E-state index contributed by atoms with van der Waals surface area (Å²) in [6.45, 7) is 0.702. The molecule has 0 aliphatic heterocycles. The zero-order chi connectivity index (χ0) is 18.6. The molecule has 0 radical (unpaired) electrons. The minimum absolute atomic E-state index is 0.155. The Labute approximate surface area is 153 Å². The predicted molar refractivity (Wildman–Crippen MR) is 102 cm³/mol. The highest BCUT2D eigenvalue weighted by atomic mass is 16.5. The van der Waals surface area contributed by atoms with Crippen molar-refractivity contribution in [3.05, 3.63) is 66.2 Å². The Balaban J connectivity index is 1.90. The Hall–Kier alpha value is -2.86. The second-order valence-electron chi connectivity index (χ2n) is 5.90. The molecule has 0 saturated carbocycles. The van der Waals surface area contributed by atoms with Crippen LogP contribution >= 0.6 is 0 Å². The summed E-state index contributed by atoms with van der Waals surface area (Å²) in [5.41, 5.74) is 7.08. The van der Waals surface area contributed by atoms with Gasteiger partial charge in [0.05, 0.1) is 0 Å². The van der Waals surface area contributed by atoms with Gasteiger partial charge in [0.15, 0.2) is 0 Å². The number of carbonyl (C=O) groups is 2. The van der Waals surface area contributed by atoms with Crippen LogP contribution < -0.4 is 16.4 Å². The number of rotatable bonds is 9. The van der Waals surface area contributed by atoms with Gasteiger partial charge in [0.25, 0.3) is 0 Å². The van der Waals surface area contributed by atoms with Crippen molar-refractivity contribution in [1.82, 2.24) is 5.32 Å². The molecule has 0 bridgehead atoms. The van der Waals surface area contributed by atoms with Crippen LogP contribution in [0.2, 0.25) is 0 Å². The van der Waals surface area contributed by atoms with Gasteiger partial charge in [0.2, 0.25) is 5.91 Å². The Morgan fingerprint density at radius 2 is 1.62 bits per heavy atom. The maximum absolute atomic E-state index is 12.5. The normalized spacial score (nSPS) is 11.4. The van der Waals surface area contributed by atoms with E-state index in [1.54, 1.807) is 12.1 Å². The Morgan fingerprint density at radius 3 is 2.27 bits per heavy atom. The monoisotopic (exact) mass is 355 g/mol. The van der Waals surface area contributed by atoms with E-state index in [1.807, 2.05) is 48.5 Å². The van der Waals surface area contributed by atoms with Crippen molar-refractivity contribution in [3.8, 4) is 0 Å². The number of unbranched alkanes of at least 4 members (excludes halogenated alkanes) is 1. The number of hydrogen-bond donors (Lipinski definition) is 3. The van der Waals surface area contributed by atoms with E-state index in [4.69, 9.17) is 10.5 Å². The number of nitrogens with one attached hydrogen (secondary N) is 2. The summed E-state index contributed by atoms with van der Waals surface area (Å²) in [6.07, 6.45) is 1.41. The molecule has 0 aliphatic carbocycles. The number of nitrogens with two attached hydrogens (primary N) is 1. The molecule has 6 nitrogen and oxygen atoms in total. The first-order valence-electron chi connectivity index (χ1n) is 8.72. The number of ether oxygens (including phenoxy) is 1. The summed E-state index contributed by atoms with van der Waals surface area (Å²) in [7, 11) is 0. The van der Waals surface area contributed by atoms with Gasteiger partial charge in [0.1, 0.15) is 12.6 Å². The Morgan fingerprint density at radius 1 is 0.962 bits per heavy atom. The molecule has 4 N–H and O–H groups in total. The Kier molecular flexibility index (Phi) is 8.15. The summed E-state index contributed by atoms with van der Waals surface area (Å²) in [4.78, 5) is 24.6. The molecule has 2 amide bonds. The van der Waals surface area contributed by atoms with Crippen molar-refractivity contribution in [2.75, 3.05) is 11.9 Å². The number of hydrogen-bond acceptors (Lipinski definition) is 4. The molecule has 138 valence electrons. The molecule has 0 aliphatic rings. The van der Waals surface area contributed by atoms with Gasteiger partial charge < -0.3 is 21.1 Å². The number of anilines is 1. The molecule has 2 rings (SSSR count). The summed E-state index contributed by atoms with van der Waals surface area (Å²) in [5.74, 6) is -0.273. The fourth-order valence-corrected chi connectivity index (χ4v) is 2.42. The van der Waals surface area contributed by atoms with Crippen LogP contribution in [0.4, 0.5) is 10.5 Å². The van der Waals surface area contributed by atoms with E-state index >= 15 is 0 Å². The van der Waals surface area contributed by atoms with Crippen LogP contribution in [0, 0.1) is 0 Å². The third-order valence-electron chi connectivity index (χ3n) is 3.81. The fourth-order valence-electron chi connectivity index (χ4n) is 2.42. The van der Waals surface area contributed by atoms with Crippen LogP contribution in [-0.2, 0) is 16.1 Å². The molecule has 26 heavy (non-hydrogen) atoms. The first kappa shape index (κ1) is 19.5. The third-order valence-corrected chi connectivity index (χ3v) is 3.81. The average Bonchev–Trinajstić information content (AvgIpc) is 2.67. The minimum atomic E-state index is -0.676. The van der Waals surface area contributed by atoms with Gasteiger partial charge in [-0.15, -0.1) is 0 Å². The highest BCUT2D eigenvalue weighted by Gasteiger charge is 2.21. The van der Waals surface area contributed by atoms with E-state index in [2.05, 4.69) is 10.6 Å². The zero-order valence-corrected chi connectivity index (χ0v) is 14.7.